The number of aryl methyl sites for hydroxylation is 1. The molecule has 10 heteroatoms. The Kier molecular flexibility index (Phi) is 6.55. The maximum Gasteiger partial charge on any atom is 0.330 e. The maximum atomic E-state index is 14.2. The van der Waals surface area contributed by atoms with Gasteiger partial charge >= 0.3 is 5.97 Å². The first-order valence-electron chi connectivity index (χ1n) is 13.5. The standard InChI is InChI=1S/C32H26Cl2N2O6/c1-16-11-13-18(14-12-16)27(38)17(2)42-30(41)23(15-24(35)37)36-28(39)25-26(29(36)40)32(34)20-8-4-3-7-19(20)31(25,33)21-9-5-6-10-22(21)32/h3-14,17,23,25-26H,15H2,1-2H3,(H2,35,37)/t17-,23+,25-,26+,31?,32?/m0/s1. The summed E-state index contributed by atoms with van der Waals surface area (Å²) >= 11 is 14.9. The lowest BCUT2D eigenvalue weighted by atomic mass is 9.54. The lowest BCUT2D eigenvalue weighted by Crippen LogP contribution is -2.57. The summed E-state index contributed by atoms with van der Waals surface area (Å²) < 4.78 is 5.46. The Morgan fingerprint density at radius 2 is 1.26 bits per heavy atom. The third-order valence-corrected chi connectivity index (χ3v) is 9.88. The molecule has 42 heavy (non-hydrogen) atoms. The first-order chi connectivity index (χ1) is 19.9. The number of imide groups is 1. The van der Waals surface area contributed by atoms with Gasteiger partial charge in [0.2, 0.25) is 23.5 Å². The zero-order valence-corrected chi connectivity index (χ0v) is 24.2. The van der Waals surface area contributed by atoms with Crippen LogP contribution in [-0.2, 0) is 33.7 Å². The number of carbonyl (C=O) groups is 5. The Hall–Kier alpha value is -4.01. The fraction of sp³-hybridized carbons (Fsp3) is 0.281. The lowest BCUT2D eigenvalue weighted by molar-refractivity contribution is -0.161. The molecule has 2 bridgehead atoms. The van der Waals surface area contributed by atoms with E-state index in [-0.39, 0.29) is 0 Å². The van der Waals surface area contributed by atoms with Crippen molar-refractivity contribution in [2.75, 3.05) is 0 Å². The molecule has 3 amide bonds. The predicted octanol–water partition coefficient (Wildman–Crippen LogP) is 3.95. The monoisotopic (exact) mass is 604 g/mol. The molecule has 214 valence electrons. The highest BCUT2D eigenvalue weighted by atomic mass is 35.5. The van der Waals surface area contributed by atoms with Gasteiger partial charge in [0.1, 0.15) is 15.8 Å². The molecule has 2 N–H and O–H groups in total. The van der Waals surface area contributed by atoms with E-state index < -0.39 is 69.6 Å². The number of esters is 1. The maximum absolute atomic E-state index is 14.2. The summed E-state index contributed by atoms with van der Waals surface area (Å²) in [5.74, 6) is -6.44. The molecular weight excluding hydrogens is 579 g/mol. The van der Waals surface area contributed by atoms with Gasteiger partial charge in [-0.2, -0.15) is 0 Å². The summed E-state index contributed by atoms with van der Waals surface area (Å²) in [6, 6.07) is 19.2. The van der Waals surface area contributed by atoms with Crippen molar-refractivity contribution in [2.24, 2.45) is 17.6 Å². The first-order valence-corrected chi connectivity index (χ1v) is 14.2. The van der Waals surface area contributed by atoms with Crippen molar-refractivity contribution in [3.63, 3.8) is 0 Å². The summed E-state index contributed by atoms with van der Waals surface area (Å²) in [7, 11) is 0. The van der Waals surface area contributed by atoms with Gasteiger partial charge in [0.25, 0.3) is 0 Å². The molecule has 0 spiro atoms. The molecule has 7 rings (SSSR count). The van der Waals surface area contributed by atoms with Crippen LogP contribution in [0, 0.1) is 18.8 Å². The summed E-state index contributed by atoms with van der Waals surface area (Å²) in [5.41, 5.74) is 9.10. The molecule has 1 heterocycles. The van der Waals surface area contributed by atoms with Crippen LogP contribution < -0.4 is 5.73 Å². The molecule has 3 aromatic rings. The van der Waals surface area contributed by atoms with E-state index in [4.69, 9.17) is 33.7 Å². The zero-order chi connectivity index (χ0) is 30.1. The van der Waals surface area contributed by atoms with Crippen LogP contribution >= 0.6 is 23.2 Å². The molecular formula is C32H26Cl2N2O6. The van der Waals surface area contributed by atoms with Crippen molar-refractivity contribution in [1.82, 2.24) is 4.90 Å². The Bertz CT molecular complexity index is 1560. The van der Waals surface area contributed by atoms with E-state index in [0.29, 0.717) is 27.8 Å². The zero-order valence-electron chi connectivity index (χ0n) is 22.7. The first kappa shape index (κ1) is 28.1. The Morgan fingerprint density at radius 3 is 1.67 bits per heavy atom. The minimum Gasteiger partial charge on any atom is -0.453 e. The van der Waals surface area contributed by atoms with Gasteiger partial charge in [0.15, 0.2) is 6.10 Å². The highest BCUT2D eigenvalue weighted by molar-refractivity contribution is 6.36. The Labute approximate surface area is 251 Å². The summed E-state index contributed by atoms with van der Waals surface area (Å²) in [5, 5.41) is 0. The fourth-order valence-electron chi connectivity index (χ4n) is 6.73. The van der Waals surface area contributed by atoms with Crippen LogP contribution in [0.2, 0.25) is 0 Å². The van der Waals surface area contributed by atoms with E-state index >= 15 is 0 Å². The normalized spacial score (nSPS) is 26.6. The Balaban J connectivity index is 1.40. The van der Waals surface area contributed by atoms with Crippen LogP contribution in [0.5, 0.6) is 0 Å². The molecule has 8 nitrogen and oxygen atoms in total. The molecule has 4 atom stereocenters. The van der Waals surface area contributed by atoms with Crippen molar-refractivity contribution in [2.45, 2.75) is 42.2 Å². The van der Waals surface area contributed by atoms with Crippen LogP contribution in [0.1, 0.15) is 51.5 Å². The lowest BCUT2D eigenvalue weighted by Gasteiger charge is -2.54. The number of carbonyl (C=O) groups excluding carboxylic acids is 5. The van der Waals surface area contributed by atoms with Gasteiger partial charge in [-0.05, 0) is 36.1 Å². The minimum absolute atomic E-state index is 0.312. The number of rotatable bonds is 7. The van der Waals surface area contributed by atoms with Crippen molar-refractivity contribution >= 4 is 52.7 Å². The number of ether oxygens (including phenoxy) is 1. The second kappa shape index (κ2) is 9.78. The number of nitrogens with two attached hydrogens (primary N) is 1. The van der Waals surface area contributed by atoms with Gasteiger partial charge in [0, 0.05) is 5.56 Å². The predicted molar refractivity (Wildman–Crippen MR) is 154 cm³/mol. The molecule has 4 aliphatic rings. The second-order valence-corrected chi connectivity index (χ2v) is 12.2. The number of likely N-dealkylation sites (tertiary alicyclic amines) is 1. The number of amides is 3. The quantitative estimate of drug-likeness (QED) is 0.188. The third kappa shape index (κ3) is 3.78. The van der Waals surface area contributed by atoms with E-state index in [1.165, 1.54) is 6.92 Å². The van der Waals surface area contributed by atoms with Gasteiger partial charge in [0.05, 0.1) is 18.3 Å². The summed E-state index contributed by atoms with van der Waals surface area (Å²) in [4.78, 5) is 64.9. The summed E-state index contributed by atoms with van der Waals surface area (Å²) in [6.07, 6.45) is -1.97. The molecule has 0 unspecified atom stereocenters. The van der Waals surface area contributed by atoms with Crippen LogP contribution in [0.3, 0.4) is 0 Å². The molecule has 0 radical (unpaired) electrons. The summed E-state index contributed by atoms with van der Waals surface area (Å²) in [6.45, 7) is 3.25. The largest absolute Gasteiger partial charge is 0.453 e. The smallest absolute Gasteiger partial charge is 0.330 e. The molecule has 1 aliphatic heterocycles. The molecule has 3 aliphatic carbocycles. The van der Waals surface area contributed by atoms with Crippen LogP contribution in [0.15, 0.2) is 72.8 Å². The highest BCUT2D eigenvalue weighted by Gasteiger charge is 2.74. The number of ketones is 1. The van der Waals surface area contributed by atoms with E-state index in [9.17, 15) is 24.0 Å². The van der Waals surface area contributed by atoms with Crippen molar-refractivity contribution in [3.8, 4) is 0 Å². The average molecular weight is 605 g/mol. The number of hydrogen-bond donors (Lipinski definition) is 1. The van der Waals surface area contributed by atoms with Crippen molar-refractivity contribution < 1.29 is 28.7 Å². The number of primary amides is 1. The average Bonchev–Trinajstić information content (AvgIpc) is 3.25. The van der Waals surface area contributed by atoms with E-state index in [1.807, 2.05) is 6.92 Å². The molecule has 0 aromatic heterocycles. The molecule has 1 fully saturated rings. The van der Waals surface area contributed by atoms with Crippen molar-refractivity contribution in [1.29, 1.82) is 0 Å². The molecule has 1 saturated heterocycles. The number of nitrogens with zero attached hydrogens (tertiary/aromatic N) is 1. The topological polar surface area (TPSA) is 124 Å². The van der Waals surface area contributed by atoms with Gasteiger partial charge in [-0.15, -0.1) is 23.2 Å². The number of hydrogen-bond acceptors (Lipinski definition) is 6. The van der Waals surface area contributed by atoms with Crippen LogP contribution in [0.4, 0.5) is 0 Å². The van der Waals surface area contributed by atoms with Crippen LogP contribution in [0.25, 0.3) is 0 Å². The Morgan fingerprint density at radius 1 is 0.833 bits per heavy atom. The van der Waals surface area contributed by atoms with E-state index in [1.54, 1.807) is 72.8 Å². The van der Waals surface area contributed by atoms with Gasteiger partial charge in [-0.25, -0.2) is 4.79 Å². The number of alkyl halides is 2. The number of halogens is 2. The third-order valence-electron chi connectivity index (χ3n) is 8.60. The van der Waals surface area contributed by atoms with Gasteiger partial charge in [-0.1, -0.05) is 78.4 Å². The fourth-order valence-corrected chi connectivity index (χ4v) is 7.82. The second-order valence-electron chi connectivity index (χ2n) is 11.0. The van der Waals surface area contributed by atoms with Gasteiger partial charge in [-0.3, -0.25) is 24.1 Å². The molecule has 3 aromatic carbocycles. The highest BCUT2D eigenvalue weighted by Crippen LogP contribution is 2.69. The molecule has 0 saturated carbocycles. The van der Waals surface area contributed by atoms with Crippen molar-refractivity contribution in [3.05, 3.63) is 106 Å². The minimum atomic E-state index is -1.72. The number of benzene rings is 3. The van der Waals surface area contributed by atoms with Crippen LogP contribution in [-0.4, -0.2) is 46.5 Å². The van der Waals surface area contributed by atoms with E-state index in [0.717, 1.165) is 10.5 Å². The van der Waals surface area contributed by atoms with E-state index in [2.05, 4.69) is 0 Å². The van der Waals surface area contributed by atoms with Gasteiger partial charge < -0.3 is 10.5 Å². The number of Topliss-reactive ketones (excluding diaryl/α,β-unsaturated/α-hetero) is 1. The SMILES string of the molecule is Cc1ccc(C(=O)[C@H](C)OC(=O)[C@@H](CC(N)=O)N2C(=O)[C@@H]3[C@H](C2=O)C2(Cl)c4ccccc4C3(Cl)c3ccccc32)cc1.